The molecule has 9 nitrogen and oxygen atoms in total. The van der Waals surface area contributed by atoms with E-state index < -0.39 is 20.9 Å². The van der Waals surface area contributed by atoms with E-state index in [1.807, 2.05) is 0 Å². The summed E-state index contributed by atoms with van der Waals surface area (Å²) in [6.45, 7) is 1.81. The number of carbonyl (C=O) groups is 1. The van der Waals surface area contributed by atoms with Crippen molar-refractivity contribution in [2.75, 3.05) is 5.32 Å². The van der Waals surface area contributed by atoms with Gasteiger partial charge in [-0.1, -0.05) is 6.07 Å². The van der Waals surface area contributed by atoms with Crippen molar-refractivity contribution < 1.29 is 22.3 Å². The molecule has 0 aliphatic rings. The summed E-state index contributed by atoms with van der Waals surface area (Å²) in [5, 5.41) is 15.7. The van der Waals surface area contributed by atoms with Crippen LogP contribution in [-0.2, 0) is 10.1 Å². The Morgan fingerprint density at radius 1 is 1.21 bits per heavy atom. The van der Waals surface area contributed by atoms with Crippen LogP contribution in [0.2, 0.25) is 0 Å². The lowest BCUT2D eigenvalue weighted by Gasteiger charge is -2.08. The molecule has 0 aliphatic carbocycles. The highest BCUT2D eigenvalue weighted by molar-refractivity contribution is 7.87. The number of aromatic nitrogens is 1. The van der Waals surface area contributed by atoms with Crippen LogP contribution in [0.25, 0.3) is 0 Å². The summed E-state index contributed by atoms with van der Waals surface area (Å²) in [6.07, 6.45) is 0. The maximum atomic E-state index is 12.3. The van der Waals surface area contributed by atoms with E-state index in [4.69, 9.17) is 4.18 Å². The number of benzene rings is 2. The van der Waals surface area contributed by atoms with Gasteiger partial charge in [0.15, 0.2) is 5.13 Å². The minimum Gasteiger partial charge on any atom is -0.379 e. The zero-order valence-electron chi connectivity index (χ0n) is 14.4. The zero-order chi connectivity index (χ0) is 20.3. The number of anilines is 1. The molecule has 1 heterocycles. The number of aryl methyl sites for hydroxylation is 1. The average Bonchev–Trinajstić information content (AvgIpc) is 3.06. The van der Waals surface area contributed by atoms with Gasteiger partial charge in [0.1, 0.15) is 10.6 Å². The summed E-state index contributed by atoms with van der Waals surface area (Å²) in [6, 6.07) is 9.96. The molecule has 11 heteroatoms. The zero-order valence-corrected chi connectivity index (χ0v) is 16.0. The molecular formula is C17H13N3O6S2. The van der Waals surface area contributed by atoms with Crippen molar-refractivity contribution in [2.45, 2.75) is 11.8 Å². The standard InChI is InChI=1S/C17H13N3O6S2/c1-11-10-27-17(18-11)19-16(21)12-5-7-14(8-6-12)26-28(24,25)15-4-2-3-13(9-15)20(22)23/h2-10H,1H3,(H,18,19,21). The molecular weight excluding hydrogens is 406 g/mol. The summed E-state index contributed by atoms with van der Waals surface area (Å²) < 4.78 is 29.6. The van der Waals surface area contributed by atoms with Crippen molar-refractivity contribution in [3.05, 3.63) is 75.3 Å². The summed E-state index contributed by atoms with van der Waals surface area (Å²) >= 11 is 1.29. The lowest BCUT2D eigenvalue weighted by atomic mass is 10.2. The number of hydrogen-bond acceptors (Lipinski definition) is 8. The molecule has 1 amide bonds. The van der Waals surface area contributed by atoms with Gasteiger partial charge in [0.05, 0.1) is 10.6 Å². The normalized spacial score (nSPS) is 11.0. The smallest absolute Gasteiger partial charge is 0.339 e. The molecule has 1 N–H and O–H groups in total. The highest BCUT2D eigenvalue weighted by Gasteiger charge is 2.20. The Balaban J connectivity index is 1.73. The maximum absolute atomic E-state index is 12.3. The number of thiazole rings is 1. The Morgan fingerprint density at radius 2 is 1.93 bits per heavy atom. The van der Waals surface area contributed by atoms with Gasteiger partial charge >= 0.3 is 10.1 Å². The first-order valence-corrected chi connectivity index (χ1v) is 10.1. The molecule has 0 unspecified atom stereocenters. The Labute approximate surface area is 163 Å². The summed E-state index contributed by atoms with van der Waals surface area (Å²) in [5.41, 5.74) is 0.706. The predicted octanol–water partition coefficient (Wildman–Crippen LogP) is 3.38. The summed E-state index contributed by atoms with van der Waals surface area (Å²) in [4.78, 5) is 26.1. The van der Waals surface area contributed by atoms with Gasteiger partial charge in [-0.3, -0.25) is 20.2 Å². The number of nitrogens with zero attached hydrogens (tertiary/aromatic N) is 2. The van der Waals surface area contributed by atoms with Gasteiger partial charge in [-0.05, 0) is 37.3 Å². The second-order valence-corrected chi connectivity index (χ2v) is 7.97. The van der Waals surface area contributed by atoms with Gasteiger partial charge in [-0.15, -0.1) is 11.3 Å². The quantitative estimate of drug-likeness (QED) is 0.368. The van der Waals surface area contributed by atoms with Crippen LogP contribution in [-0.4, -0.2) is 24.2 Å². The first-order chi connectivity index (χ1) is 13.2. The summed E-state index contributed by atoms with van der Waals surface area (Å²) in [7, 11) is -4.26. The number of nitrogens with one attached hydrogen (secondary N) is 1. The van der Waals surface area contributed by atoms with Gasteiger partial charge in [0, 0.05) is 23.1 Å². The minimum atomic E-state index is -4.26. The Kier molecular flexibility index (Phi) is 5.38. The molecule has 28 heavy (non-hydrogen) atoms. The number of nitro benzene ring substituents is 1. The van der Waals surface area contributed by atoms with Crippen LogP contribution in [0, 0.1) is 17.0 Å². The first kappa shape index (κ1) is 19.5. The minimum absolute atomic E-state index is 0.0341. The van der Waals surface area contributed by atoms with Crippen molar-refractivity contribution in [1.29, 1.82) is 0 Å². The third-order valence-corrected chi connectivity index (χ3v) is 5.60. The number of amides is 1. The van der Waals surface area contributed by atoms with E-state index in [0.717, 1.165) is 11.8 Å². The highest BCUT2D eigenvalue weighted by Crippen LogP contribution is 2.23. The molecule has 3 aromatic rings. The number of carbonyl (C=O) groups excluding carboxylic acids is 1. The third-order valence-electron chi connectivity index (χ3n) is 3.48. The van der Waals surface area contributed by atoms with Crippen LogP contribution < -0.4 is 9.50 Å². The molecule has 0 fully saturated rings. The van der Waals surface area contributed by atoms with E-state index in [1.54, 1.807) is 12.3 Å². The molecule has 1 aromatic heterocycles. The van der Waals surface area contributed by atoms with E-state index in [2.05, 4.69) is 10.3 Å². The fraction of sp³-hybridized carbons (Fsp3) is 0.0588. The second kappa shape index (κ2) is 7.74. The van der Waals surface area contributed by atoms with Crippen LogP contribution in [0.4, 0.5) is 10.8 Å². The summed E-state index contributed by atoms with van der Waals surface area (Å²) in [5.74, 6) is -0.435. The lowest BCUT2D eigenvalue weighted by Crippen LogP contribution is -2.12. The lowest BCUT2D eigenvalue weighted by molar-refractivity contribution is -0.385. The fourth-order valence-electron chi connectivity index (χ4n) is 2.17. The van der Waals surface area contributed by atoms with E-state index >= 15 is 0 Å². The Hall–Kier alpha value is -3.31. The maximum Gasteiger partial charge on any atom is 0.339 e. The van der Waals surface area contributed by atoms with Crippen molar-refractivity contribution in [3.8, 4) is 5.75 Å². The van der Waals surface area contributed by atoms with Crippen LogP contribution in [0.1, 0.15) is 16.1 Å². The molecule has 0 saturated heterocycles. The third kappa shape index (κ3) is 4.50. The number of nitro groups is 1. The van der Waals surface area contributed by atoms with Gasteiger partial charge in [-0.25, -0.2) is 4.98 Å². The van der Waals surface area contributed by atoms with Crippen molar-refractivity contribution in [1.82, 2.24) is 4.98 Å². The number of hydrogen-bond donors (Lipinski definition) is 1. The van der Waals surface area contributed by atoms with Gasteiger partial charge < -0.3 is 4.18 Å². The Bertz CT molecular complexity index is 1140. The van der Waals surface area contributed by atoms with E-state index in [0.29, 0.717) is 5.13 Å². The largest absolute Gasteiger partial charge is 0.379 e. The molecule has 0 bridgehead atoms. The van der Waals surface area contributed by atoms with Crippen LogP contribution in [0.3, 0.4) is 0 Å². The van der Waals surface area contributed by atoms with Gasteiger partial charge in [-0.2, -0.15) is 8.42 Å². The molecule has 144 valence electrons. The Morgan fingerprint density at radius 3 is 2.54 bits per heavy atom. The predicted molar refractivity (Wildman–Crippen MR) is 102 cm³/mol. The molecule has 0 spiro atoms. The van der Waals surface area contributed by atoms with Gasteiger partial charge in [0.2, 0.25) is 0 Å². The van der Waals surface area contributed by atoms with Crippen molar-refractivity contribution in [3.63, 3.8) is 0 Å². The molecule has 2 aromatic carbocycles. The van der Waals surface area contributed by atoms with E-state index in [1.165, 1.54) is 53.8 Å². The number of non-ortho nitro benzene ring substituents is 1. The SMILES string of the molecule is Cc1csc(NC(=O)c2ccc(OS(=O)(=O)c3cccc([N+](=O)[O-])c3)cc2)n1. The number of rotatable bonds is 6. The van der Waals surface area contributed by atoms with Crippen molar-refractivity contribution >= 4 is 38.2 Å². The molecule has 0 saturated carbocycles. The monoisotopic (exact) mass is 419 g/mol. The highest BCUT2D eigenvalue weighted by atomic mass is 32.2. The van der Waals surface area contributed by atoms with Crippen LogP contribution in [0.15, 0.2) is 58.8 Å². The fourth-order valence-corrected chi connectivity index (χ4v) is 3.82. The molecule has 3 rings (SSSR count). The van der Waals surface area contributed by atoms with E-state index in [-0.39, 0.29) is 21.9 Å². The van der Waals surface area contributed by atoms with Crippen molar-refractivity contribution in [2.24, 2.45) is 0 Å². The molecule has 0 atom stereocenters. The first-order valence-electron chi connectivity index (χ1n) is 7.77. The topological polar surface area (TPSA) is 128 Å². The molecule has 0 radical (unpaired) electrons. The van der Waals surface area contributed by atoms with Crippen LogP contribution in [0.5, 0.6) is 5.75 Å². The second-order valence-electron chi connectivity index (χ2n) is 5.56. The average molecular weight is 419 g/mol. The van der Waals surface area contributed by atoms with Gasteiger partial charge in [0.25, 0.3) is 11.6 Å². The van der Waals surface area contributed by atoms with E-state index in [9.17, 15) is 23.3 Å². The van der Waals surface area contributed by atoms with Crippen LogP contribution >= 0.6 is 11.3 Å². The molecule has 0 aliphatic heterocycles.